The molecule has 0 aliphatic rings. The maximum absolute atomic E-state index is 4.63. The van der Waals surface area contributed by atoms with Crippen LogP contribution in [0.2, 0.25) is 0 Å². The Morgan fingerprint density at radius 1 is 0.840 bits per heavy atom. The van der Waals surface area contributed by atoms with Crippen LogP contribution < -0.4 is 10.6 Å². The maximum atomic E-state index is 4.63. The smallest absolute Gasteiger partial charge is 0.229 e. The number of rotatable bonds is 5. The minimum atomic E-state index is 0.437. The molecular formula is C21H24N4. The van der Waals surface area contributed by atoms with Crippen molar-refractivity contribution in [2.75, 3.05) is 10.6 Å². The van der Waals surface area contributed by atoms with Crippen LogP contribution in [0.5, 0.6) is 0 Å². The molecule has 0 amide bonds. The number of hydrogen-bond donors (Lipinski definition) is 2. The molecular weight excluding hydrogens is 308 g/mol. The largest absolute Gasteiger partial charge is 0.340 e. The molecule has 0 fully saturated rings. The number of nitrogens with zero attached hydrogens (tertiary/aromatic N) is 2. The molecule has 1 heterocycles. The average Bonchev–Trinajstić information content (AvgIpc) is 2.57. The third kappa shape index (κ3) is 4.15. The molecule has 0 atom stereocenters. The molecule has 0 radical (unpaired) electrons. The number of para-hydroxylation sites is 2. The van der Waals surface area contributed by atoms with Crippen LogP contribution in [0.4, 0.5) is 23.1 Å². The highest BCUT2D eigenvalue weighted by molar-refractivity contribution is 5.66. The summed E-state index contributed by atoms with van der Waals surface area (Å²) >= 11 is 0. The van der Waals surface area contributed by atoms with Gasteiger partial charge in [0.25, 0.3) is 0 Å². The van der Waals surface area contributed by atoms with E-state index in [2.05, 4.69) is 59.6 Å². The normalized spacial score (nSPS) is 10.8. The van der Waals surface area contributed by atoms with Crippen LogP contribution >= 0.6 is 0 Å². The van der Waals surface area contributed by atoms with Gasteiger partial charge >= 0.3 is 0 Å². The number of anilines is 4. The zero-order chi connectivity index (χ0) is 17.8. The predicted octanol–water partition coefficient (Wildman–Crippen LogP) is 5.70. The fourth-order valence-corrected chi connectivity index (χ4v) is 2.81. The van der Waals surface area contributed by atoms with E-state index in [1.807, 2.05) is 43.3 Å². The molecule has 4 nitrogen and oxygen atoms in total. The number of hydrogen-bond acceptors (Lipinski definition) is 4. The van der Waals surface area contributed by atoms with E-state index < -0.39 is 0 Å². The summed E-state index contributed by atoms with van der Waals surface area (Å²) in [6, 6.07) is 18.3. The molecule has 25 heavy (non-hydrogen) atoms. The SMILES string of the molecule is Cc1cc(Nc2c(C)cccc2C(C)C)nc(Nc2ccccc2)n1. The van der Waals surface area contributed by atoms with Crippen LogP contribution in [0.3, 0.4) is 0 Å². The Morgan fingerprint density at radius 3 is 2.32 bits per heavy atom. The van der Waals surface area contributed by atoms with Crippen molar-refractivity contribution in [3.8, 4) is 0 Å². The van der Waals surface area contributed by atoms with Gasteiger partial charge in [-0.25, -0.2) is 4.98 Å². The number of benzene rings is 2. The second kappa shape index (κ2) is 7.34. The van der Waals surface area contributed by atoms with Crippen molar-refractivity contribution >= 4 is 23.1 Å². The van der Waals surface area contributed by atoms with E-state index in [0.29, 0.717) is 11.9 Å². The Bertz CT molecular complexity index is 857. The van der Waals surface area contributed by atoms with Crippen LogP contribution in [0.25, 0.3) is 0 Å². The molecule has 0 spiro atoms. The summed E-state index contributed by atoms with van der Waals surface area (Å²) in [5.74, 6) is 1.82. The van der Waals surface area contributed by atoms with Gasteiger partial charge in [-0.1, -0.05) is 50.2 Å². The van der Waals surface area contributed by atoms with Gasteiger partial charge in [-0.15, -0.1) is 0 Å². The highest BCUT2D eigenvalue weighted by atomic mass is 15.1. The van der Waals surface area contributed by atoms with Crippen LogP contribution in [0, 0.1) is 13.8 Å². The van der Waals surface area contributed by atoms with Crippen molar-refractivity contribution in [3.05, 3.63) is 71.4 Å². The minimum Gasteiger partial charge on any atom is -0.340 e. The molecule has 0 saturated heterocycles. The first-order valence-corrected chi connectivity index (χ1v) is 8.57. The third-order valence-corrected chi connectivity index (χ3v) is 4.06. The third-order valence-electron chi connectivity index (χ3n) is 4.06. The topological polar surface area (TPSA) is 49.8 Å². The monoisotopic (exact) mass is 332 g/mol. The van der Waals surface area contributed by atoms with Gasteiger partial charge in [-0.2, -0.15) is 4.98 Å². The fourth-order valence-electron chi connectivity index (χ4n) is 2.81. The molecule has 2 N–H and O–H groups in total. The molecule has 3 aromatic rings. The molecule has 2 aromatic carbocycles. The molecule has 0 bridgehead atoms. The van der Waals surface area contributed by atoms with E-state index in [1.54, 1.807) is 0 Å². The first-order chi connectivity index (χ1) is 12.0. The Balaban J connectivity index is 1.92. The van der Waals surface area contributed by atoms with E-state index >= 15 is 0 Å². The quantitative estimate of drug-likeness (QED) is 0.629. The summed E-state index contributed by atoms with van der Waals surface area (Å²) < 4.78 is 0. The molecule has 0 aliphatic carbocycles. The van der Waals surface area contributed by atoms with Crippen molar-refractivity contribution in [2.24, 2.45) is 0 Å². The summed E-state index contributed by atoms with van der Waals surface area (Å²) in [6.45, 7) is 8.50. The second-order valence-corrected chi connectivity index (χ2v) is 6.53. The van der Waals surface area contributed by atoms with Gasteiger partial charge in [0.05, 0.1) is 0 Å². The second-order valence-electron chi connectivity index (χ2n) is 6.53. The Morgan fingerprint density at radius 2 is 1.60 bits per heavy atom. The highest BCUT2D eigenvalue weighted by Crippen LogP contribution is 2.30. The summed E-state index contributed by atoms with van der Waals surface area (Å²) in [5, 5.41) is 6.76. The Labute approximate surface area is 149 Å². The summed E-state index contributed by atoms with van der Waals surface area (Å²) in [4.78, 5) is 9.12. The lowest BCUT2D eigenvalue weighted by Crippen LogP contribution is -2.05. The number of aromatic nitrogens is 2. The van der Waals surface area contributed by atoms with E-state index in [4.69, 9.17) is 0 Å². The van der Waals surface area contributed by atoms with Crippen molar-refractivity contribution in [3.63, 3.8) is 0 Å². The Kier molecular flexibility index (Phi) is 4.98. The molecule has 128 valence electrons. The van der Waals surface area contributed by atoms with Gasteiger partial charge in [-0.05, 0) is 43.0 Å². The van der Waals surface area contributed by atoms with Crippen molar-refractivity contribution in [1.82, 2.24) is 9.97 Å². The minimum absolute atomic E-state index is 0.437. The first kappa shape index (κ1) is 17.0. The number of nitrogens with one attached hydrogen (secondary N) is 2. The zero-order valence-electron chi connectivity index (χ0n) is 15.2. The molecule has 0 saturated carbocycles. The van der Waals surface area contributed by atoms with E-state index in [1.165, 1.54) is 11.1 Å². The highest BCUT2D eigenvalue weighted by Gasteiger charge is 2.11. The lowest BCUT2D eigenvalue weighted by atomic mass is 9.98. The van der Waals surface area contributed by atoms with E-state index in [0.717, 1.165) is 22.9 Å². The van der Waals surface area contributed by atoms with Crippen LogP contribution in [0.15, 0.2) is 54.6 Å². The fraction of sp³-hybridized carbons (Fsp3) is 0.238. The molecule has 0 unspecified atom stereocenters. The van der Waals surface area contributed by atoms with E-state index in [9.17, 15) is 0 Å². The van der Waals surface area contributed by atoms with Gasteiger partial charge in [0.1, 0.15) is 5.82 Å². The first-order valence-electron chi connectivity index (χ1n) is 8.57. The van der Waals surface area contributed by atoms with Crippen molar-refractivity contribution < 1.29 is 0 Å². The summed E-state index contributed by atoms with van der Waals surface area (Å²) in [5.41, 5.74) is 5.50. The maximum Gasteiger partial charge on any atom is 0.229 e. The standard InChI is InChI=1S/C21H24N4/c1-14(2)18-12-8-9-15(3)20(18)24-19-13-16(4)22-21(25-19)23-17-10-6-5-7-11-17/h5-14H,1-4H3,(H2,22,23,24,25). The Hall–Kier alpha value is -2.88. The van der Waals surface area contributed by atoms with Gasteiger partial charge in [0.15, 0.2) is 0 Å². The predicted molar refractivity (Wildman–Crippen MR) is 105 cm³/mol. The lowest BCUT2D eigenvalue weighted by molar-refractivity contribution is 0.867. The van der Waals surface area contributed by atoms with Crippen LogP contribution in [-0.2, 0) is 0 Å². The van der Waals surface area contributed by atoms with E-state index in [-0.39, 0.29) is 0 Å². The molecule has 4 heteroatoms. The number of aryl methyl sites for hydroxylation is 2. The molecule has 1 aromatic heterocycles. The molecule has 0 aliphatic heterocycles. The van der Waals surface area contributed by atoms with Crippen LogP contribution in [-0.4, -0.2) is 9.97 Å². The van der Waals surface area contributed by atoms with Crippen molar-refractivity contribution in [1.29, 1.82) is 0 Å². The lowest BCUT2D eigenvalue weighted by Gasteiger charge is -2.17. The zero-order valence-corrected chi connectivity index (χ0v) is 15.2. The van der Waals surface area contributed by atoms with Gasteiger partial charge in [0.2, 0.25) is 5.95 Å². The molecule has 3 rings (SSSR count). The van der Waals surface area contributed by atoms with Crippen molar-refractivity contribution in [2.45, 2.75) is 33.6 Å². The average molecular weight is 332 g/mol. The summed E-state index contributed by atoms with van der Waals surface area (Å²) in [7, 11) is 0. The van der Waals surface area contributed by atoms with Crippen LogP contribution in [0.1, 0.15) is 36.6 Å². The van der Waals surface area contributed by atoms with Gasteiger partial charge in [0, 0.05) is 23.1 Å². The van der Waals surface area contributed by atoms with Gasteiger partial charge in [-0.3, -0.25) is 0 Å². The van der Waals surface area contributed by atoms with Gasteiger partial charge < -0.3 is 10.6 Å². The summed E-state index contributed by atoms with van der Waals surface area (Å²) in [6.07, 6.45) is 0.